The van der Waals surface area contributed by atoms with E-state index in [0.29, 0.717) is 6.04 Å². The van der Waals surface area contributed by atoms with Crippen LogP contribution in [0.3, 0.4) is 0 Å². The molecule has 8 nitrogen and oxygen atoms in total. The number of rotatable bonds is 3. The summed E-state index contributed by atoms with van der Waals surface area (Å²) in [4.78, 5) is 22.8. The number of carbonyl (C=O) groups is 2. The smallest absolute Gasteiger partial charge is 0.475 e. The van der Waals surface area contributed by atoms with Crippen LogP contribution in [0.4, 0.5) is 26.3 Å². The summed E-state index contributed by atoms with van der Waals surface area (Å²) < 4.78 is 65.7. The third kappa shape index (κ3) is 9.55. The van der Waals surface area contributed by atoms with E-state index in [9.17, 15) is 26.3 Å². The van der Waals surface area contributed by atoms with Crippen LogP contribution in [0, 0.1) is 0 Å². The summed E-state index contributed by atoms with van der Waals surface area (Å²) >= 11 is 0. The summed E-state index contributed by atoms with van der Waals surface area (Å²) in [6.07, 6.45) is -4.22. The molecule has 1 atom stereocenters. The number of alkyl halides is 6. The number of aromatic nitrogens is 2. The summed E-state index contributed by atoms with van der Waals surface area (Å²) in [6.45, 7) is 6.02. The minimum atomic E-state index is -5.08. The van der Waals surface area contributed by atoms with Gasteiger partial charge in [0.15, 0.2) is 0 Å². The zero-order valence-electron chi connectivity index (χ0n) is 16.7. The molecule has 1 unspecified atom stereocenters. The van der Waals surface area contributed by atoms with Crippen molar-refractivity contribution in [1.29, 1.82) is 0 Å². The molecular formula is C17H24F6N4O4. The van der Waals surface area contributed by atoms with Crippen LogP contribution in [-0.2, 0) is 16.1 Å². The van der Waals surface area contributed by atoms with Gasteiger partial charge in [-0.1, -0.05) is 0 Å². The molecule has 0 spiro atoms. The predicted molar refractivity (Wildman–Crippen MR) is 95.3 cm³/mol. The molecule has 3 heterocycles. The molecule has 0 amide bonds. The van der Waals surface area contributed by atoms with Gasteiger partial charge in [0.2, 0.25) is 0 Å². The summed E-state index contributed by atoms with van der Waals surface area (Å²) in [5.41, 5.74) is 1.37. The van der Waals surface area contributed by atoms with Gasteiger partial charge >= 0.3 is 24.3 Å². The lowest BCUT2D eigenvalue weighted by Crippen LogP contribution is -2.36. The van der Waals surface area contributed by atoms with E-state index in [1.54, 1.807) is 0 Å². The molecule has 2 aliphatic rings. The highest BCUT2D eigenvalue weighted by Crippen LogP contribution is 2.22. The van der Waals surface area contributed by atoms with Gasteiger partial charge in [0, 0.05) is 25.8 Å². The maximum Gasteiger partial charge on any atom is 0.490 e. The van der Waals surface area contributed by atoms with E-state index >= 15 is 0 Å². The number of fused-ring (bicyclic) bond motifs is 1. The Morgan fingerprint density at radius 3 is 2.00 bits per heavy atom. The molecule has 2 N–H and O–H groups in total. The number of aliphatic carboxylic acids is 2. The first-order valence-electron chi connectivity index (χ1n) is 9.25. The fourth-order valence-electron chi connectivity index (χ4n) is 3.13. The molecule has 0 aliphatic carbocycles. The fraction of sp³-hybridized carbons (Fsp3) is 0.706. The minimum absolute atomic E-state index is 0.569. The number of hydrogen-bond acceptors (Lipinski definition) is 5. The van der Waals surface area contributed by atoms with Crippen molar-refractivity contribution in [1.82, 2.24) is 19.6 Å². The zero-order valence-corrected chi connectivity index (χ0v) is 16.7. The SMILES string of the molecule is CN1Cc2ccnn2C(CCN2CCCC2)C1.O=C(O)C(F)(F)F.O=C(O)C(F)(F)F. The highest BCUT2D eigenvalue weighted by molar-refractivity contribution is 5.73. The van der Waals surface area contributed by atoms with Crippen LogP contribution in [0.1, 0.15) is 31.0 Å². The average molecular weight is 462 g/mol. The fourth-order valence-corrected chi connectivity index (χ4v) is 3.13. The van der Waals surface area contributed by atoms with Gasteiger partial charge in [-0.3, -0.25) is 9.58 Å². The molecule has 31 heavy (non-hydrogen) atoms. The number of hydrogen-bond donors (Lipinski definition) is 2. The number of carboxylic acid groups (broad SMARTS) is 2. The van der Waals surface area contributed by atoms with Crippen molar-refractivity contribution in [2.45, 2.75) is 44.2 Å². The predicted octanol–water partition coefficient (Wildman–Crippen LogP) is 2.62. The molecule has 2 aliphatic heterocycles. The molecule has 1 aromatic heterocycles. The lowest BCUT2D eigenvalue weighted by molar-refractivity contribution is -0.193. The Balaban J connectivity index is 0.000000288. The van der Waals surface area contributed by atoms with Crippen molar-refractivity contribution in [3.8, 4) is 0 Å². The first-order valence-corrected chi connectivity index (χ1v) is 9.25. The van der Waals surface area contributed by atoms with Gasteiger partial charge in [0.25, 0.3) is 0 Å². The monoisotopic (exact) mass is 462 g/mol. The van der Waals surface area contributed by atoms with Crippen LogP contribution >= 0.6 is 0 Å². The molecule has 14 heteroatoms. The van der Waals surface area contributed by atoms with Crippen molar-refractivity contribution in [2.75, 3.05) is 33.2 Å². The van der Waals surface area contributed by atoms with E-state index in [-0.39, 0.29) is 0 Å². The van der Waals surface area contributed by atoms with E-state index < -0.39 is 24.3 Å². The molecule has 0 bridgehead atoms. The Kier molecular flexibility index (Phi) is 9.74. The lowest BCUT2D eigenvalue weighted by Gasteiger charge is -2.32. The molecule has 1 saturated heterocycles. The van der Waals surface area contributed by atoms with E-state index in [1.165, 1.54) is 44.6 Å². The molecule has 1 fully saturated rings. The third-order valence-corrected chi connectivity index (χ3v) is 4.51. The number of halogens is 6. The largest absolute Gasteiger partial charge is 0.490 e. The Morgan fingerprint density at radius 1 is 1.06 bits per heavy atom. The minimum Gasteiger partial charge on any atom is -0.475 e. The van der Waals surface area contributed by atoms with Crippen LogP contribution in [0.25, 0.3) is 0 Å². The van der Waals surface area contributed by atoms with Gasteiger partial charge in [0.1, 0.15) is 0 Å². The van der Waals surface area contributed by atoms with Crippen LogP contribution in [-0.4, -0.2) is 87.3 Å². The highest BCUT2D eigenvalue weighted by atomic mass is 19.4. The maximum atomic E-state index is 10.6. The molecule has 0 saturated carbocycles. The van der Waals surface area contributed by atoms with Gasteiger partial charge in [0.05, 0.1) is 11.7 Å². The molecule has 0 aromatic carbocycles. The third-order valence-electron chi connectivity index (χ3n) is 4.51. The van der Waals surface area contributed by atoms with Crippen LogP contribution < -0.4 is 0 Å². The zero-order chi connectivity index (χ0) is 23.8. The number of likely N-dealkylation sites (N-methyl/N-ethyl adjacent to an activating group) is 1. The average Bonchev–Trinajstić information content (AvgIpc) is 3.30. The van der Waals surface area contributed by atoms with Gasteiger partial charge in [-0.15, -0.1) is 0 Å². The van der Waals surface area contributed by atoms with E-state index in [1.807, 2.05) is 6.20 Å². The molecular weight excluding hydrogens is 438 g/mol. The van der Waals surface area contributed by atoms with Crippen LogP contribution in [0.2, 0.25) is 0 Å². The lowest BCUT2D eigenvalue weighted by atomic mass is 10.1. The number of carboxylic acids is 2. The molecule has 1 aromatic rings. The maximum absolute atomic E-state index is 10.6. The number of likely N-dealkylation sites (tertiary alicyclic amines) is 1. The summed E-state index contributed by atoms with van der Waals surface area (Å²) in [6, 6.07) is 2.72. The second kappa shape index (κ2) is 11.3. The first kappa shape index (κ1) is 26.7. The standard InChI is InChI=1S/C13H22N4.2C2HF3O2/c1-15-10-12-4-6-14-17(12)13(11-15)5-9-16-7-2-3-8-16;2*3-2(4,5)1(6)7/h4,6,13H,2-3,5,7-11H2,1H3;2*(H,6,7). The Hall–Kier alpha value is -2.35. The topological polar surface area (TPSA) is 98.9 Å². The van der Waals surface area contributed by atoms with Crippen molar-refractivity contribution in [2.24, 2.45) is 0 Å². The summed E-state index contributed by atoms with van der Waals surface area (Å²) in [5.74, 6) is -5.51. The Morgan fingerprint density at radius 2 is 1.55 bits per heavy atom. The van der Waals surface area contributed by atoms with Crippen LogP contribution in [0.15, 0.2) is 12.3 Å². The quantitative estimate of drug-likeness (QED) is 0.667. The Labute approximate surface area is 174 Å². The van der Waals surface area contributed by atoms with E-state index in [0.717, 1.165) is 13.1 Å². The second-order valence-electron chi connectivity index (χ2n) is 7.06. The highest BCUT2D eigenvalue weighted by Gasteiger charge is 2.38. The van der Waals surface area contributed by atoms with Gasteiger partial charge in [-0.25, -0.2) is 9.59 Å². The van der Waals surface area contributed by atoms with Crippen molar-refractivity contribution in [3.05, 3.63) is 18.0 Å². The van der Waals surface area contributed by atoms with Gasteiger partial charge in [-0.2, -0.15) is 31.4 Å². The van der Waals surface area contributed by atoms with Crippen molar-refractivity contribution >= 4 is 11.9 Å². The second-order valence-corrected chi connectivity index (χ2v) is 7.06. The van der Waals surface area contributed by atoms with Gasteiger partial charge < -0.3 is 15.1 Å². The van der Waals surface area contributed by atoms with Crippen LogP contribution in [0.5, 0.6) is 0 Å². The molecule has 178 valence electrons. The first-order chi connectivity index (χ1) is 14.2. The number of nitrogens with zero attached hydrogens (tertiary/aromatic N) is 4. The molecule has 0 radical (unpaired) electrons. The summed E-state index contributed by atoms with van der Waals surface area (Å²) in [5, 5.41) is 18.7. The van der Waals surface area contributed by atoms with Crippen molar-refractivity contribution < 1.29 is 46.1 Å². The summed E-state index contributed by atoms with van der Waals surface area (Å²) in [7, 11) is 2.21. The van der Waals surface area contributed by atoms with E-state index in [2.05, 4.69) is 32.7 Å². The Bertz CT molecular complexity index is 692. The van der Waals surface area contributed by atoms with E-state index in [4.69, 9.17) is 19.8 Å². The molecule has 3 rings (SSSR count). The normalized spacial score (nSPS) is 19.5. The van der Waals surface area contributed by atoms with Gasteiger partial charge in [-0.05, 0) is 45.5 Å². The van der Waals surface area contributed by atoms with Crippen molar-refractivity contribution in [3.63, 3.8) is 0 Å².